The Morgan fingerprint density at radius 3 is 2.57 bits per heavy atom. The number of carbonyl (C=O) groups excluding carboxylic acids is 1. The highest BCUT2D eigenvalue weighted by molar-refractivity contribution is 5.97. The summed E-state index contributed by atoms with van der Waals surface area (Å²) in [7, 11) is 1.53. The van der Waals surface area contributed by atoms with E-state index in [1.165, 1.54) is 38.7 Å². The lowest BCUT2D eigenvalue weighted by atomic mass is 9.95. The summed E-state index contributed by atoms with van der Waals surface area (Å²) in [6.45, 7) is 0.653. The number of phenols is 1. The third-order valence-corrected chi connectivity index (χ3v) is 6.18. The average molecular weight is 473 g/mol. The number of ether oxygens (including phenoxy) is 1. The van der Waals surface area contributed by atoms with Gasteiger partial charge in [-0.2, -0.15) is 5.10 Å². The Morgan fingerprint density at radius 1 is 1.03 bits per heavy atom. The Bertz CT molecular complexity index is 1160. The van der Waals surface area contributed by atoms with Crippen LogP contribution in [0.5, 0.6) is 11.5 Å². The van der Waals surface area contributed by atoms with Crippen LogP contribution in [0.4, 0.5) is 11.4 Å². The highest BCUT2D eigenvalue weighted by atomic mass is 16.5. The Balaban J connectivity index is 1.47. The summed E-state index contributed by atoms with van der Waals surface area (Å²) in [4.78, 5) is 12.8. The van der Waals surface area contributed by atoms with Crippen molar-refractivity contribution in [3.63, 3.8) is 0 Å². The van der Waals surface area contributed by atoms with E-state index in [9.17, 15) is 9.90 Å². The summed E-state index contributed by atoms with van der Waals surface area (Å²) in [6.07, 6.45) is 7.51. The molecule has 1 aliphatic rings. The van der Waals surface area contributed by atoms with Crippen LogP contribution in [0.25, 0.3) is 0 Å². The summed E-state index contributed by atoms with van der Waals surface area (Å²) in [5, 5.41) is 21.2. The van der Waals surface area contributed by atoms with E-state index in [1.54, 1.807) is 18.2 Å². The van der Waals surface area contributed by atoms with E-state index in [0.717, 1.165) is 29.8 Å². The van der Waals surface area contributed by atoms with E-state index in [1.807, 2.05) is 30.3 Å². The van der Waals surface area contributed by atoms with E-state index in [2.05, 4.69) is 33.3 Å². The van der Waals surface area contributed by atoms with Crippen LogP contribution < -0.4 is 20.8 Å². The topological polar surface area (TPSA) is 95.0 Å². The van der Waals surface area contributed by atoms with Gasteiger partial charge in [0.15, 0.2) is 0 Å². The number of aromatic hydroxyl groups is 1. The standard InChI is InChI=1S/C28H32N4O3/c1-35-24-14-12-22(27(33)17-24)19-30-32-28(34)21-13-15-25(31-23-10-6-3-7-11-23)26(16-21)29-18-20-8-4-2-5-9-20/h2,4-5,8-9,12-17,19,23,29,31,33H,3,6-7,10-11,18H2,1H3,(H,32,34)/b30-19+. The third kappa shape index (κ3) is 6.76. The Hall–Kier alpha value is -4.00. The number of benzene rings is 3. The zero-order valence-corrected chi connectivity index (χ0v) is 20.0. The molecule has 0 aliphatic heterocycles. The Morgan fingerprint density at radius 2 is 1.83 bits per heavy atom. The van der Waals surface area contributed by atoms with Crippen LogP contribution in [0, 0.1) is 0 Å². The van der Waals surface area contributed by atoms with Crippen LogP contribution in [0.1, 0.15) is 53.6 Å². The van der Waals surface area contributed by atoms with Crippen LogP contribution in [0.15, 0.2) is 71.8 Å². The maximum Gasteiger partial charge on any atom is 0.271 e. The minimum absolute atomic E-state index is 0.0212. The van der Waals surface area contributed by atoms with Crippen LogP contribution in [-0.2, 0) is 6.54 Å². The number of amides is 1. The van der Waals surface area contributed by atoms with E-state index in [4.69, 9.17) is 4.74 Å². The van der Waals surface area contributed by atoms with Gasteiger partial charge in [0.25, 0.3) is 5.91 Å². The summed E-state index contributed by atoms with van der Waals surface area (Å²) < 4.78 is 5.08. The average Bonchev–Trinajstić information content (AvgIpc) is 2.90. The highest BCUT2D eigenvalue weighted by Crippen LogP contribution is 2.28. The summed E-state index contributed by atoms with van der Waals surface area (Å²) >= 11 is 0. The van der Waals surface area contributed by atoms with Gasteiger partial charge in [-0.3, -0.25) is 4.79 Å². The van der Waals surface area contributed by atoms with Gasteiger partial charge in [0.05, 0.1) is 24.7 Å². The predicted molar refractivity (Wildman–Crippen MR) is 140 cm³/mol. The number of nitrogens with zero attached hydrogens (tertiary/aromatic N) is 1. The molecular weight excluding hydrogens is 440 g/mol. The van der Waals surface area contributed by atoms with Crippen molar-refractivity contribution in [1.29, 1.82) is 0 Å². The lowest BCUT2D eigenvalue weighted by molar-refractivity contribution is 0.0955. The van der Waals surface area contributed by atoms with Gasteiger partial charge in [-0.15, -0.1) is 0 Å². The number of nitrogens with one attached hydrogen (secondary N) is 3. The molecule has 0 radical (unpaired) electrons. The molecule has 1 saturated carbocycles. The van der Waals surface area contributed by atoms with Gasteiger partial charge in [0, 0.05) is 29.8 Å². The van der Waals surface area contributed by atoms with Gasteiger partial charge < -0.3 is 20.5 Å². The molecule has 3 aromatic carbocycles. The van der Waals surface area contributed by atoms with Crippen LogP contribution in [0.2, 0.25) is 0 Å². The van der Waals surface area contributed by atoms with Crippen molar-refractivity contribution in [2.24, 2.45) is 5.10 Å². The molecule has 0 heterocycles. The zero-order valence-electron chi connectivity index (χ0n) is 20.0. The molecule has 0 unspecified atom stereocenters. The first kappa shape index (κ1) is 24.1. The minimum Gasteiger partial charge on any atom is -0.507 e. The molecule has 4 N–H and O–H groups in total. The number of anilines is 2. The number of hydrazone groups is 1. The molecular formula is C28H32N4O3. The zero-order chi connectivity index (χ0) is 24.5. The molecule has 3 aromatic rings. The number of phenolic OH excluding ortho intramolecular Hbond substituents is 1. The van der Waals surface area contributed by atoms with E-state index < -0.39 is 0 Å². The summed E-state index contributed by atoms with van der Waals surface area (Å²) in [6, 6.07) is 21.1. The maximum absolute atomic E-state index is 12.8. The lowest BCUT2D eigenvalue weighted by Gasteiger charge is -2.25. The quantitative estimate of drug-likeness (QED) is 0.243. The number of methoxy groups -OCH3 is 1. The van der Waals surface area contributed by atoms with Crippen molar-refractivity contribution in [1.82, 2.24) is 5.43 Å². The van der Waals surface area contributed by atoms with Crippen LogP contribution >= 0.6 is 0 Å². The predicted octanol–water partition coefficient (Wildman–Crippen LogP) is 5.52. The fraction of sp³-hybridized carbons (Fsp3) is 0.286. The second-order valence-corrected chi connectivity index (χ2v) is 8.70. The van der Waals surface area contributed by atoms with Crippen LogP contribution in [0.3, 0.4) is 0 Å². The second kappa shape index (κ2) is 11.9. The number of hydrogen-bond acceptors (Lipinski definition) is 6. The first-order valence-corrected chi connectivity index (χ1v) is 12.0. The maximum atomic E-state index is 12.8. The first-order valence-electron chi connectivity index (χ1n) is 12.0. The fourth-order valence-corrected chi connectivity index (χ4v) is 4.20. The monoisotopic (exact) mass is 472 g/mol. The molecule has 0 saturated heterocycles. The van der Waals surface area contributed by atoms with Crippen molar-refractivity contribution in [3.05, 3.63) is 83.4 Å². The molecule has 1 amide bonds. The molecule has 0 aromatic heterocycles. The van der Waals surface area contributed by atoms with Crippen molar-refractivity contribution in [2.45, 2.75) is 44.7 Å². The number of hydrogen-bond donors (Lipinski definition) is 4. The molecule has 182 valence electrons. The van der Waals surface area contributed by atoms with Gasteiger partial charge in [0.1, 0.15) is 11.5 Å². The Labute approximate surface area is 206 Å². The third-order valence-electron chi connectivity index (χ3n) is 6.18. The van der Waals surface area contributed by atoms with Gasteiger partial charge in [0.2, 0.25) is 0 Å². The Kier molecular flexibility index (Phi) is 8.22. The summed E-state index contributed by atoms with van der Waals surface area (Å²) in [5.74, 6) is 0.232. The molecule has 0 bridgehead atoms. The molecule has 0 atom stereocenters. The van der Waals surface area contributed by atoms with E-state index >= 15 is 0 Å². The van der Waals surface area contributed by atoms with Crippen molar-refractivity contribution in [3.8, 4) is 11.5 Å². The molecule has 1 aliphatic carbocycles. The van der Waals surface area contributed by atoms with E-state index in [0.29, 0.717) is 29.5 Å². The molecule has 35 heavy (non-hydrogen) atoms. The van der Waals surface area contributed by atoms with Crippen LogP contribution in [-0.4, -0.2) is 30.4 Å². The molecule has 1 fully saturated rings. The SMILES string of the molecule is COc1ccc(/C=N/NC(=O)c2ccc(NC3CCCCC3)c(NCc3ccccc3)c2)c(O)c1. The highest BCUT2D eigenvalue weighted by Gasteiger charge is 2.16. The van der Waals surface area contributed by atoms with Crippen molar-refractivity contribution >= 4 is 23.5 Å². The van der Waals surface area contributed by atoms with Gasteiger partial charge in [-0.1, -0.05) is 49.6 Å². The normalized spacial score (nSPS) is 14.0. The minimum atomic E-state index is -0.332. The van der Waals surface area contributed by atoms with E-state index in [-0.39, 0.29) is 11.7 Å². The van der Waals surface area contributed by atoms with Gasteiger partial charge in [-0.05, 0) is 48.7 Å². The number of carbonyl (C=O) groups is 1. The van der Waals surface area contributed by atoms with Gasteiger partial charge in [-0.25, -0.2) is 5.43 Å². The summed E-state index contributed by atoms with van der Waals surface area (Å²) in [5.41, 5.74) is 6.55. The molecule has 4 rings (SSSR count). The smallest absolute Gasteiger partial charge is 0.271 e. The second-order valence-electron chi connectivity index (χ2n) is 8.70. The molecule has 0 spiro atoms. The van der Waals surface area contributed by atoms with Gasteiger partial charge >= 0.3 is 0 Å². The van der Waals surface area contributed by atoms with Crippen molar-refractivity contribution < 1.29 is 14.6 Å². The molecule has 7 heteroatoms. The lowest BCUT2D eigenvalue weighted by Crippen LogP contribution is -2.23. The fourth-order valence-electron chi connectivity index (χ4n) is 4.20. The largest absolute Gasteiger partial charge is 0.507 e. The first-order chi connectivity index (χ1) is 17.1. The molecule has 7 nitrogen and oxygen atoms in total. The van der Waals surface area contributed by atoms with Crippen molar-refractivity contribution in [2.75, 3.05) is 17.7 Å². The number of rotatable bonds is 9.